The summed E-state index contributed by atoms with van der Waals surface area (Å²) in [4.78, 5) is 0. The third-order valence-electron chi connectivity index (χ3n) is 2.34. The fourth-order valence-electron chi connectivity index (χ4n) is 1.46. The predicted octanol–water partition coefficient (Wildman–Crippen LogP) is 3.42. The van der Waals surface area contributed by atoms with Crippen molar-refractivity contribution < 1.29 is 8.78 Å². The molecule has 0 aliphatic heterocycles. The summed E-state index contributed by atoms with van der Waals surface area (Å²) in [5.74, 6) is 0.450. The molecule has 0 fully saturated rings. The highest BCUT2D eigenvalue weighted by Crippen LogP contribution is 2.24. The van der Waals surface area contributed by atoms with Crippen molar-refractivity contribution in [1.82, 2.24) is 0 Å². The summed E-state index contributed by atoms with van der Waals surface area (Å²) in [7, 11) is 0. The number of rotatable bonds is 5. The molecule has 1 rings (SSSR count). The van der Waals surface area contributed by atoms with Gasteiger partial charge < -0.3 is 5.73 Å². The molecule has 0 aromatic heterocycles. The minimum absolute atomic E-state index is 0.0172. The van der Waals surface area contributed by atoms with E-state index in [1.165, 1.54) is 12.1 Å². The Labute approximate surface area is 99.4 Å². The molecule has 0 heterocycles. The summed E-state index contributed by atoms with van der Waals surface area (Å²) in [5, 5.41) is 0. The van der Waals surface area contributed by atoms with Gasteiger partial charge in [0, 0.05) is 17.4 Å². The second-order valence-corrected chi connectivity index (χ2v) is 4.92. The first-order valence-corrected chi connectivity index (χ1v) is 6.51. The first kappa shape index (κ1) is 13.5. The van der Waals surface area contributed by atoms with E-state index in [9.17, 15) is 8.78 Å². The average molecular weight is 245 g/mol. The van der Waals surface area contributed by atoms with Crippen molar-refractivity contribution in [3.05, 3.63) is 34.9 Å². The Morgan fingerprint density at radius 3 is 2.69 bits per heavy atom. The van der Waals surface area contributed by atoms with Gasteiger partial charge in [0.25, 0.3) is 0 Å². The van der Waals surface area contributed by atoms with Crippen molar-refractivity contribution in [3.63, 3.8) is 0 Å². The number of benzene rings is 1. The molecule has 0 spiro atoms. The maximum absolute atomic E-state index is 13.7. The standard InChI is InChI=1S/C12H17F2NS/c1-3-6-16-7-10(15)11-9(13)5-4-8(2)12(11)14/h4-5,10H,3,6-7,15H2,1-2H3. The molecule has 1 aromatic rings. The lowest BCUT2D eigenvalue weighted by atomic mass is 10.0. The molecule has 16 heavy (non-hydrogen) atoms. The predicted molar refractivity (Wildman–Crippen MR) is 65.6 cm³/mol. The molecule has 4 heteroatoms. The number of halogens is 2. The van der Waals surface area contributed by atoms with Gasteiger partial charge >= 0.3 is 0 Å². The minimum Gasteiger partial charge on any atom is -0.323 e. The molecular formula is C12H17F2NS. The van der Waals surface area contributed by atoms with E-state index in [0.29, 0.717) is 11.3 Å². The van der Waals surface area contributed by atoms with Crippen LogP contribution in [0.3, 0.4) is 0 Å². The van der Waals surface area contributed by atoms with E-state index in [4.69, 9.17) is 5.73 Å². The van der Waals surface area contributed by atoms with Gasteiger partial charge in [0.15, 0.2) is 0 Å². The first-order chi connectivity index (χ1) is 7.57. The van der Waals surface area contributed by atoms with Gasteiger partial charge in [0.05, 0.1) is 0 Å². The smallest absolute Gasteiger partial charge is 0.133 e. The van der Waals surface area contributed by atoms with E-state index in [0.717, 1.165) is 12.2 Å². The van der Waals surface area contributed by atoms with Gasteiger partial charge in [0.1, 0.15) is 11.6 Å². The summed E-state index contributed by atoms with van der Waals surface area (Å²) in [6, 6.07) is 2.13. The number of hydrogen-bond acceptors (Lipinski definition) is 2. The van der Waals surface area contributed by atoms with Crippen molar-refractivity contribution in [1.29, 1.82) is 0 Å². The van der Waals surface area contributed by atoms with Crippen LogP contribution >= 0.6 is 11.8 Å². The van der Waals surface area contributed by atoms with Gasteiger partial charge in [-0.1, -0.05) is 13.0 Å². The number of thioether (sulfide) groups is 1. The van der Waals surface area contributed by atoms with Crippen LogP contribution in [-0.2, 0) is 0 Å². The Morgan fingerprint density at radius 1 is 1.38 bits per heavy atom. The van der Waals surface area contributed by atoms with Gasteiger partial charge in [-0.15, -0.1) is 0 Å². The Morgan fingerprint density at radius 2 is 2.06 bits per heavy atom. The average Bonchev–Trinajstić information content (AvgIpc) is 2.24. The van der Waals surface area contributed by atoms with Crippen molar-refractivity contribution in [3.8, 4) is 0 Å². The summed E-state index contributed by atoms with van der Waals surface area (Å²) in [5.41, 5.74) is 6.26. The topological polar surface area (TPSA) is 26.0 Å². The molecule has 2 N–H and O–H groups in total. The van der Waals surface area contributed by atoms with Crippen molar-refractivity contribution in [2.45, 2.75) is 26.3 Å². The minimum atomic E-state index is -0.573. The summed E-state index contributed by atoms with van der Waals surface area (Å²) < 4.78 is 27.2. The lowest BCUT2D eigenvalue weighted by Gasteiger charge is -2.14. The van der Waals surface area contributed by atoms with E-state index < -0.39 is 17.7 Å². The highest BCUT2D eigenvalue weighted by molar-refractivity contribution is 7.99. The quantitative estimate of drug-likeness (QED) is 0.804. The molecule has 1 aromatic carbocycles. The number of hydrogen-bond donors (Lipinski definition) is 1. The van der Waals surface area contributed by atoms with Gasteiger partial charge in [-0.2, -0.15) is 11.8 Å². The monoisotopic (exact) mass is 245 g/mol. The van der Waals surface area contributed by atoms with E-state index in [1.807, 2.05) is 0 Å². The number of nitrogens with two attached hydrogens (primary N) is 1. The van der Waals surface area contributed by atoms with Crippen molar-refractivity contribution >= 4 is 11.8 Å². The molecule has 0 saturated heterocycles. The van der Waals surface area contributed by atoms with E-state index in [2.05, 4.69) is 6.92 Å². The molecule has 1 nitrogen and oxygen atoms in total. The SMILES string of the molecule is CCCSCC(N)c1c(F)ccc(C)c1F. The van der Waals surface area contributed by atoms with Crippen LogP contribution < -0.4 is 5.73 Å². The molecule has 0 saturated carbocycles. The molecule has 1 unspecified atom stereocenters. The molecule has 0 bridgehead atoms. The van der Waals surface area contributed by atoms with Crippen molar-refractivity contribution in [2.75, 3.05) is 11.5 Å². The maximum Gasteiger partial charge on any atom is 0.133 e. The normalized spacial score (nSPS) is 12.8. The largest absolute Gasteiger partial charge is 0.323 e. The van der Waals surface area contributed by atoms with Crippen molar-refractivity contribution in [2.24, 2.45) is 5.73 Å². The Hall–Kier alpha value is -0.610. The Bertz CT molecular complexity index is 355. The molecule has 1 atom stereocenters. The first-order valence-electron chi connectivity index (χ1n) is 5.35. The zero-order chi connectivity index (χ0) is 12.1. The molecule has 0 aliphatic rings. The number of aryl methyl sites for hydroxylation is 1. The lowest BCUT2D eigenvalue weighted by Crippen LogP contribution is -2.17. The molecular weight excluding hydrogens is 228 g/mol. The summed E-state index contributed by atoms with van der Waals surface area (Å²) in [6.07, 6.45) is 1.04. The molecule has 0 aliphatic carbocycles. The molecule has 90 valence electrons. The maximum atomic E-state index is 13.7. The molecule has 0 radical (unpaired) electrons. The zero-order valence-corrected chi connectivity index (χ0v) is 10.4. The third kappa shape index (κ3) is 3.19. The van der Waals surface area contributed by atoms with Gasteiger partial charge in [-0.3, -0.25) is 0 Å². The van der Waals surface area contributed by atoms with Gasteiger partial charge in [0.2, 0.25) is 0 Å². The van der Waals surface area contributed by atoms with Crippen LogP contribution in [0.15, 0.2) is 12.1 Å². The summed E-state index contributed by atoms with van der Waals surface area (Å²) in [6.45, 7) is 3.68. The highest BCUT2D eigenvalue weighted by Gasteiger charge is 2.18. The van der Waals surface area contributed by atoms with Gasteiger partial charge in [-0.25, -0.2) is 8.78 Å². The fraction of sp³-hybridized carbons (Fsp3) is 0.500. The third-order valence-corrected chi connectivity index (χ3v) is 3.63. The Balaban J connectivity index is 2.81. The van der Waals surface area contributed by atoms with Crippen LogP contribution in [0.2, 0.25) is 0 Å². The van der Waals surface area contributed by atoms with Crippen LogP contribution in [0.1, 0.15) is 30.5 Å². The zero-order valence-electron chi connectivity index (χ0n) is 9.59. The molecule has 0 amide bonds. The highest BCUT2D eigenvalue weighted by atomic mass is 32.2. The van der Waals surface area contributed by atoms with Crippen LogP contribution in [0.4, 0.5) is 8.78 Å². The second kappa shape index (κ2) is 6.21. The lowest BCUT2D eigenvalue weighted by molar-refractivity contribution is 0.533. The second-order valence-electron chi connectivity index (χ2n) is 3.77. The van der Waals surface area contributed by atoms with Crippen LogP contribution in [0, 0.1) is 18.6 Å². The van der Waals surface area contributed by atoms with E-state index in [1.54, 1.807) is 18.7 Å². The van der Waals surface area contributed by atoms with Gasteiger partial charge in [-0.05, 0) is 30.7 Å². The van der Waals surface area contributed by atoms with E-state index in [-0.39, 0.29) is 5.56 Å². The summed E-state index contributed by atoms with van der Waals surface area (Å²) >= 11 is 1.62. The van der Waals surface area contributed by atoms with Crippen LogP contribution in [-0.4, -0.2) is 11.5 Å². The van der Waals surface area contributed by atoms with Crippen LogP contribution in [0.5, 0.6) is 0 Å². The van der Waals surface area contributed by atoms with Crippen LogP contribution in [0.25, 0.3) is 0 Å². The fourth-order valence-corrected chi connectivity index (χ4v) is 2.33. The van der Waals surface area contributed by atoms with E-state index >= 15 is 0 Å². The Kier molecular flexibility index (Phi) is 5.22.